The van der Waals surface area contributed by atoms with E-state index in [1.807, 2.05) is 49.9 Å². The Bertz CT molecular complexity index is 2010. The Hall–Kier alpha value is -6.42. The van der Waals surface area contributed by atoms with Crippen molar-refractivity contribution >= 4 is 28.7 Å². The quantitative estimate of drug-likeness (QED) is 0.0909. The Balaban J connectivity index is 0.000000358. The molecule has 3 aromatic carbocycles. The van der Waals surface area contributed by atoms with Crippen LogP contribution in [0.15, 0.2) is 92.2 Å². The summed E-state index contributed by atoms with van der Waals surface area (Å²) >= 11 is 5.65. The third-order valence-corrected chi connectivity index (χ3v) is 6.85. The molecule has 3 aromatic heterocycles. The van der Waals surface area contributed by atoms with Gasteiger partial charge in [-0.2, -0.15) is 0 Å². The Kier molecular flexibility index (Phi) is 17.6. The van der Waals surface area contributed by atoms with Crippen LogP contribution in [0.5, 0.6) is 17.2 Å². The highest BCUT2D eigenvalue weighted by molar-refractivity contribution is 6.32. The van der Waals surface area contributed by atoms with Gasteiger partial charge < -0.3 is 34.1 Å². The summed E-state index contributed by atoms with van der Waals surface area (Å²) in [5.74, 6) is 1.50. The number of anilines is 1. The SMILES string of the molecule is C.C.COc1cc(N)ccc1-n1cnc(C)c1.COc1cc([N+](=O)[O-])ccc1-n1cnc(C)c1.COc1cc([N+](=O)[O-])ccc1Cl.Cc1cnc[nH]1. The van der Waals surface area contributed by atoms with E-state index < -0.39 is 9.85 Å². The molecule has 0 aliphatic rings. The predicted molar refractivity (Wildman–Crippen MR) is 202 cm³/mol. The summed E-state index contributed by atoms with van der Waals surface area (Å²) in [6, 6.07) is 14.1. The number of methoxy groups -OCH3 is 3. The van der Waals surface area contributed by atoms with E-state index in [0.717, 1.165) is 34.2 Å². The lowest BCUT2D eigenvalue weighted by Gasteiger charge is -2.09. The van der Waals surface area contributed by atoms with Crippen LogP contribution in [0.3, 0.4) is 0 Å². The van der Waals surface area contributed by atoms with Crippen molar-refractivity contribution in [2.75, 3.05) is 27.1 Å². The van der Waals surface area contributed by atoms with E-state index in [1.54, 1.807) is 49.0 Å². The van der Waals surface area contributed by atoms with E-state index in [9.17, 15) is 20.2 Å². The number of nitro groups is 2. The van der Waals surface area contributed by atoms with E-state index in [4.69, 9.17) is 31.5 Å². The highest BCUT2D eigenvalue weighted by atomic mass is 35.5. The number of aromatic nitrogens is 6. The van der Waals surface area contributed by atoms with Crippen LogP contribution in [0.2, 0.25) is 5.02 Å². The standard InChI is InChI=1S/C11H11N3O3.C11H13N3O.C7H6ClNO3.C4H6N2.2CH4/c1-8-6-13(7-12-8)10-4-3-9(14(15)16)5-11(10)17-2;1-8-6-14(7-13-8)10-4-3-9(12)5-11(10)15-2;1-12-7-4-5(9(10)11)2-3-6(7)8;1-4-2-5-3-6-4;;/h3-7H,1-2H3;3-7H,12H2,1-2H3;2-4H,1H3;2-3H,1H3,(H,5,6);2*1H4. The first-order valence-corrected chi connectivity index (χ1v) is 14.9. The summed E-state index contributed by atoms with van der Waals surface area (Å²) in [5, 5.41) is 21.3. The smallest absolute Gasteiger partial charge is 0.273 e. The van der Waals surface area contributed by atoms with Crippen molar-refractivity contribution in [3.05, 3.63) is 135 Å². The van der Waals surface area contributed by atoms with E-state index in [1.165, 1.54) is 44.6 Å². The van der Waals surface area contributed by atoms with Crippen LogP contribution in [0.1, 0.15) is 31.9 Å². The topological polar surface area (TPSA) is 204 Å². The van der Waals surface area contributed by atoms with Crippen molar-refractivity contribution < 1.29 is 24.1 Å². The first kappa shape index (κ1) is 43.6. The number of nitro benzene ring substituents is 2. The molecular weight excluding hydrogens is 694 g/mol. The maximum Gasteiger partial charge on any atom is 0.273 e. The maximum absolute atomic E-state index is 10.7. The number of imidazole rings is 3. The second kappa shape index (κ2) is 20.9. The van der Waals surface area contributed by atoms with Crippen LogP contribution in [-0.2, 0) is 0 Å². The molecule has 0 aliphatic carbocycles. The summed E-state index contributed by atoms with van der Waals surface area (Å²) in [7, 11) is 4.51. The first-order valence-electron chi connectivity index (χ1n) is 14.6. The fourth-order valence-corrected chi connectivity index (χ4v) is 4.29. The minimum absolute atomic E-state index is 0. The van der Waals surface area contributed by atoms with Gasteiger partial charge in [0.2, 0.25) is 0 Å². The summed E-state index contributed by atoms with van der Waals surface area (Å²) in [4.78, 5) is 34.9. The van der Waals surface area contributed by atoms with E-state index in [-0.39, 0.29) is 26.2 Å². The van der Waals surface area contributed by atoms with E-state index in [0.29, 0.717) is 22.2 Å². The number of hydrogen-bond donors (Lipinski definition) is 2. The normalized spacial score (nSPS) is 9.52. The Morgan fingerprint density at radius 1 is 0.731 bits per heavy atom. The molecule has 0 atom stereocenters. The van der Waals surface area contributed by atoms with Gasteiger partial charge in [0.05, 0.1) is 90.1 Å². The molecule has 0 radical (unpaired) electrons. The van der Waals surface area contributed by atoms with Gasteiger partial charge in [-0.15, -0.1) is 0 Å². The fourth-order valence-electron chi connectivity index (χ4n) is 4.09. The first-order chi connectivity index (χ1) is 23.9. The largest absolute Gasteiger partial charge is 0.495 e. The molecule has 0 amide bonds. The molecule has 6 rings (SSSR count). The molecule has 17 heteroatoms. The molecule has 0 aliphatic heterocycles. The number of hydrogen-bond acceptors (Lipinski definition) is 11. The van der Waals surface area contributed by atoms with Crippen molar-refractivity contribution in [1.29, 1.82) is 0 Å². The van der Waals surface area contributed by atoms with Crippen LogP contribution in [0.4, 0.5) is 17.1 Å². The van der Waals surface area contributed by atoms with E-state index in [2.05, 4.69) is 19.9 Å². The van der Waals surface area contributed by atoms with Crippen LogP contribution in [-0.4, -0.2) is 60.2 Å². The lowest BCUT2D eigenvalue weighted by atomic mass is 10.2. The predicted octanol–water partition coefficient (Wildman–Crippen LogP) is 8.12. The Morgan fingerprint density at radius 2 is 1.19 bits per heavy atom. The van der Waals surface area contributed by atoms with Gasteiger partial charge in [0.15, 0.2) is 0 Å². The van der Waals surface area contributed by atoms with Gasteiger partial charge >= 0.3 is 0 Å². The van der Waals surface area contributed by atoms with Gasteiger partial charge in [0.25, 0.3) is 11.4 Å². The minimum Gasteiger partial charge on any atom is -0.495 e. The van der Waals surface area contributed by atoms with Crippen LogP contribution >= 0.6 is 11.6 Å². The molecule has 0 saturated carbocycles. The van der Waals surface area contributed by atoms with Crippen molar-refractivity contribution in [3.63, 3.8) is 0 Å². The van der Waals surface area contributed by atoms with Gasteiger partial charge in [-0.25, -0.2) is 15.0 Å². The fraction of sp³-hybridized carbons (Fsp3) is 0.229. The molecule has 52 heavy (non-hydrogen) atoms. The van der Waals surface area contributed by atoms with Crippen molar-refractivity contribution in [2.24, 2.45) is 0 Å². The van der Waals surface area contributed by atoms with Gasteiger partial charge in [-0.3, -0.25) is 20.2 Å². The van der Waals surface area contributed by atoms with Gasteiger partial charge in [0, 0.05) is 48.2 Å². The second-order valence-corrected chi connectivity index (χ2v) is 10.6. The van der Waals surface area contributed by atoms with E-state index >= 15 is 0 Å². The molecule has 0 fully saturated rings. The number of nitrogen functional groups attached to an aromatic ring is 1. The Morgan fingerprint density at radius 3 is 1.58 bits per heavy atom. The summed E-state index contributed by atoms with van der Waals surface area (Å²) in [6.07, 6.45) is 10.6. The molecule has 6 aromatic rings. The van der Waals surface area contributed by atoms with Gasteiger partial charge in [0.1, 0.15) is 17.2 Å². The third-order valence-electron chi connectivity index (χ3n) is 6.54. The molecule has 3 N–H and O–H groups in total. The second-order valence-electron chi connectivity index (χ2n) is 10.2. The highest BCUT2D eigenvalue weighted by Gasteiger charge is 2.13. The van der Waals surface area contributed by atoms with Crippen molar-refractivity contribution in [2.45, 2.75) is 35.6 Å². The average Bonchev–Trinajstić information content (AvgIpc) is 3.88. The monoisotopic (exact) mass is 737 g/mol. The van der Waals surface area contributed by atoms with Crippen LogP contribution in [0.25, 0.3) is 11.4 Å². The number of nitrogens with two attached hydrogens (primary N) is 1. The molecule has 16 nitrogen and oxygen atoms in total. The molecule has 0 spiro atoms. The minimum atomic E-state index is -0.501. The molecular formula is C35H44ClN9O7. The number of ether oxygens (including phenoxy) is 3. The number of H-pyrrole nitrogens is 1. The lowest BCUT2D eigenvalue weighted by molar-refractivity contribution is -0.385. The third kappa shape index (κ3) is 12.5. The highest BCUT2D eigenvalue weighted by Crippen LogP contribution is 2.29. The number of aromatic amines is 1. The maximum atomic E-state index is 10.7. The number of rotatable bonds is 7. The molecule has 3 heterocycles. The van der Waals surface area contributed by atoms with Gasteiger partial charge in [-0.1, -0.05) is 26.5 Å². The molecule has 278 valence electrons. The zero-order valence-electron chi connectivity index (χ0n) is 28.1. The summed E-state index contributed by atoms with van der Waals surface area (Å²) < 4.78 is 18.9. The Labute approximate surface area is 307 Å². The van der Waals surface area contributed by atoms with Crippen molar-refractivity contribution in [1.82, 2.24) is 29.1 Å². The number of benzene rings is 3. The summed E-state index contributed by atoms with van der Waals surface area (Å²) in [6.45, 7) is 5.78. The number of non-ortho nitro benzene ring substituents is 2. The number of nitrogens with zero attached hydrogens (tertiary/aromatic N) is 7. The number of aryl methyl sites for hydroxylation is 3. The summed E-state index contributed by atoms with van der Waals surface area (Å²) in [5.41, 5.74) is 10.9. The van der Waals surface area contributed by atoms with Crippen LogP contribution < -0.4 is 19.9 Å². The molecule has 0 unspecified atom stereocenters. The average molecular weight is 738 g/mol. The zero-order valence-corrected chi connectivity index (χ0v) is 28.9. The molecule has 0 bridgehead atoms. The number of halogens is 1. The zero-order chi connectivity index (χ0) is 36.8. The van der Waals surface area contributed by atoms with Gasteiger partial charge in [-0.05, 0) is 45.0 Å². The molecule has 0 saturated heterocycles. The van der Waals surface area contributed by atoms with Crippen molar-refractivity contribution in [3.8, 4) is 28.6 Å². The number of nitrogens with one attached hydrogen (secondary N) is 1. The van der Waals surface area contributed by atoms with Crippen LogP contribution in [0, 0.1) is 41.0 Å². The lowest BCUT2D eigenvalue weighted by Crippen LogP contribution is -1.97.